The van der Waals surface area contributed by atoms with Crippen molar-refractivity contribution in [3.05, 3.63) is 66.0 Å². The van der Waals surface area contributed by atoms with E-state index < -0.39 is 0 Å². The smallest absolute Gasteiger partial charge is 0.0776 e. The summed E-state index contributed by atoms with van der Waals surface area (Å²) in [5.41, 5.74) is 2.74. The number of nitrogens with zero attached hydrogens (tertiary/aromatic N) is 3. The lowest BCUT2D eigenvalue weighted by Crippen LogP contribution is -2.38. The first-order chi connectivity index (χ1) is 11.3. The van der Waals surface area contributed by atoms with Crippen LogP contribution in [0.5, 0.6) is 0 Å². The molecule has 2 atom stereocenters. The van der Waals surface area contributed by atoms with Gasteiger partial charge in [-0.15, -0.1) is 0 Å². The van der Waals surface area contributed by atoms with Crippen LogP contribution in [0.15, 0.2) is 54.7 Å². The van der Waals surface area contributed by atoms with Crippen molar-refractivity contribution >= 4 is 0 Å². The Labute approximate surface area is 137 Å². The molecule has 2 aromatic rings. The van der Waals surface area contributed by atoms with Gasteiger partial charge in [0.1, 0.15) is 0 Å². The van der Waals surface area contributed by atoms with Crippen molar-refractivity contribution in [1.29, 1.82) is 5.26 Å². The van der Waals surface area contributed by atoms with Gasteiger partial charge in [0.25, 0.3) is 0 Å². The van der Waals surface area contributed by atoms with Gasteiger partial charge in [-0.1, -0.05) is 36.4 Å². The van der Waals surface area contributed by atoms with Crippen LogP contribution in [-0.2, 0) is 0 Å². The van der Waals surface area contributed by atoms with Crippen molar-refractivity contribution in [1.82, 2.24) is 9.88 Å². The zero-order valence-electron chi connectivity index (χ0n) is 13.2. The minimum Gasteiger partial charge on any atom is -0.291 e. The summed E-state index contributed by atoms with van der Waals surface area (Å²) < 4.78 is 0. The topological polar surface area (TPSA) is 39.9 Å². The van der Waals surface area contributed by atoms with Gasteiger partial charge < -0.3 is 0 Å². The molecule has 1 aromatic carbocycles. The average Bonchev–Trinajstić information content (AvgIpc) is 3.31. The Morgan fingerprint density at radius 1 is 1.09 bits per heavy atom. The van der Waals surface area contributed by atoms with Gasteiger partial charge in [-0.25, -0.2) is 0 Å². The molecule has 1 saturated heterocycles. The Hall–Kier alpha value is -2.18. The van der Waals surface area contributed by atoms with Gasteiger partial charge in [-0.05, 0) is 55.5 Å². The van der Waals surface area contributed by atoms with Gasteiger partial charge >= 0.3 is 0 Å². The monoisotopic (exact) mass is 303 g/mol. The van der Waals surface area contributed by atoms with Crippen LogP contribution >= 0.6 is 0 Å². The van der Waals surface area contributed by atoms with E-state index in [9.17, 15) is 5.26 Å². The minimum absolute atomic E-state index is 0.217. The largest absolute Gasteiger partial charge is 0.291 e. The predicted octanol–water partition coefficient (Wildman–Crippen LogP) is 3.80. The van der Waals surface area contributed by atoms with Crippen LogP contribution in [0, 0.1) is 22.7 Å². The van der Waals surface area contributed by atoms with Crippen LogP contribution in [0.25, 0.3) is 0 Å². The molecule has 1 aliphatic carbocycles. The fourth-order valence-corrected chi connectivity index (χ4v) is 4.05. The number of likely N-dealkylation sites (tertiary alicyclic amines) is 1. The van der Waals surface area contributed by atoms with Crippen molar-refractivity contribution in [3.63, 3.8) is 0 Å². The number of benzene rings is 1. The first-order valence-corrected chi connectivity index (χ1v) is 8.42. The lowest BCUT2D eigenvalue weighted by atomic mass is 9.89. The molecule has 1 aliphatic heterocycles. The highest BCUT2D eigenvalue weighted by Gasteiger charge is 2.55. The number of pyridine rings is 1. The Morgan fingerprint density at radius 2 is 1.83 bits per heavy atom. The lowest BCUT2D eigenvalue weighted by molar-refractivity contribution is 0.135. The number of rotatable bonds is 3. The van der Waals surface area contributed by atoms with E-state index in [1.807, 2.05) is 12.3 Å². The average molecular weight is 303 g/mol. The standard InChI is InChI=1S/C20H21N3/c21-15-17-14-20(17)9-12-23(13-10-20)19(16-6-2-1-3-7-16)18-8-4-5-11-22-18/h1-8,11,17,19H,9-10,12-14H2. The highest BCUT2D eigenvalue weighted by Crippen LogP contribution is 2.59. The van der Waals surface area contributed by atoms with Crippen molar-refractivity contribution in [3.8, 4) is 6.07 Å². The summed E-state index contributed by atoms with van der Waals surface area (Å²) in [6.07, 6.45) is 5.27. The molecule has 3 nitrogen and oxygen atoms in total. The van der Waals surface area contributed by atoms with E-state index in [0.29, 0.717) is 11.3 Å². The van der Waals surface area contributed by atoms with Gasteiger partial charge in [0.2, 0.25) is 0 Å². The van der Waals surface area contributed by atoms with Gasteiger partial charge in [0.05, 0.1) is 23.7 Å². The molecule has 1 spiro atoms. The van der Waals surface area contributed by atoms with Crippen LogP contribution in [0.2, 0.25) is 0 Å². The normalized spacial score (nSPS) is 24.0. The summed E-state index contributed by atoms with van der Waals surface area (Å²) in [5.74, 6) is 0.301. The van der Waals surface area contributed by atoms with Gasteiger partial charge in [0, 0.05) is 6.20 Å². The third-order valence-corrected chi connectivity index (χ3v) is 5.59. The van der Waals surface area contributed by atoms with E-state index in [4.69, 9.17) is 0 Å². The molecule has 2 heterocycles. The Bertz CT molecular complexity index is 657. The quantitative estimate of drug-likeness (QED) is 0.866. The number of piperidine rings is 1. The molecule has 1 aromatic heterocycles. The van der Waals surface area contributed by atoms with Crippen molar-refractivity contribution in [2.75, 3.05) is 13.1 Å². The predicted molar refractivity (Wildman–Crippen MR) is 89.5 cm³/mol. The molecule has 0 bridgehead atoms. The first-order valence-electron chi connectivity index (χ1n) is 8.42. The van der Waals surface area contributed by atoms with Gasteiger partial charge in [0.15, 0.2) is 0 Å². The number of aromatic nitrogens is 1. The van der Waals surface area contributed by atoms with Crippen LogP contribution in [0.4, 0.5) is 0 Å². The first kappa shape index (κ1) is 14.4. The summed E-state index contributed by atoms with van der Waals surface area (Å²) in [6.45, 7) is 2.10. The van der Waals surface area contributed by atoms with Crippen LogP contribution in [0.1, 0.15) is 36.6 Å². The molecule has 2 aliphatic rings. The SMILES string of the molecule is N#CC1CC12CCN(C(c1ccccc1)c1ccccn1)CC2. The summed E-state index contributed by atoms with van der Waals surface area (Å²) >= 11 is 0. The second-order valence-electron chi connectivity index (χ2n) is 6.85. The number of hydrogen-bond donors (Lipinski definition) is 0. The molecule has 4 rings (SSSR count). The molecule has 3 heteroatoms. The van der Waals surface area contributed by atoms with E-state index >= 15 is 0 Å². The number of hydrogen-bond acceptors (Lipinski definition) is 3. The second kappa shape index (κ2) is 5.79. The maximum absolute atomic E-state index is 9.18. The van der Waals surface area contributed by atoms with Gasteiger partial charge in [-0.3, -0.25) is 9.88 Å². The van der Waals surface area contributed by atoms with Crippen LogP contribution in [-0.4, -0.2) is 23.0 Å². The Kier molecular flexibility index (Phi) is 3.63. The molecule has 2 fully saturated rings. The van der Waals surface area contributed by atoms with E-state index in [1.165, 1.54) is 5.56 Å². The van der Waals surface area contributed by atoms with Crippen molar-refractivity contribution < 1.29 is 0 Å². The molecular weight excluding hydrogens is 282 g/mol. The fraction of sp³-hybridized carbons (Fsp3) is 0.400. The van der Waals surface area contributed by atoms with E-state index in [1.54, 1.807) is 0 Å². The zero-order valence-corrected chi connectivity index (χ0v) is 13.2. The second-order valence-corrected chi connectivity index (χ2v) is 6.85. The maximum Gasteiger partial charge on any atom is 0.0776 e. The highest BCUT2D eigenvalue weighted by molar-refractivity contribution is 5.28. The maximum atomic E-state index is 9.18. The Balaban J connectivity index is 1.59. The lowest BCUT2D eigenvalue weighted by Gasteiger charge is -2.38. The summed E-state index contributed by atoms with van der Waals surface area (Å²) in [7, 11) is 0. The zero-order chi connectivity index (χ0) is 15.7. The van der Waals surface area contributed by atoms with Gasteiger partial charge in [-0.2, -0.15) is 5.26 Å². The summed E-state index contributed by atoms with van der Waals surface area (Å²) in [4.78, 5) is 7.16. The van der Waals surface area contributed by atoms with Crippen molar-refractivity contribution in [2.45, 2.75) is 25.3 Å². The summed E-state index contributed by atoms with van der Waals surface area (Å²) in [5, 5.41) is 9.18. The molecule has 0 amide bonds. The molecule has 0 radical (unpaired) electrons. The van der Waals surface area contributed by atoms with E-state index in [2.05, 4.69) is 58.4 Å². The number of nitriles is 1. The minimum atomic E-state index is 0.217. The highest BCUT2D eigenvalue weighted by atomic mass is 15.2. The molecule has 2 unspecified atom stereocenters. The Morgan fingerprint density at radius 3 is 2.43 bits per heavy atom. The summed E-state index contributed by atoms with van der Waals surface area (Å²) in [6, 6.07) is 19.5. The van der Waals surface area contributed by atoms with Crippen LogP contribution < -0.4 is 0 Å². The van der Waals surface area contributed by atoms with Crippen LogP contribution in [0.3, 0.4) is 0 Å². The van der Waals surface area contributed by atoms with Crippen molar-refractivity contribution in [2.24, 2.45) is 11.3 Å². The van der Waals surface area contributed by atoms with E-state index in [-0.39, 0.29) is 6.04 Å². The fourth-order valence-electron chi connectivity index (χ4n) is 4.05. The molecule has 0 N–H and O–H groups in total. The molecule has 23 heavy (non-hydrogen) atoms. The third-order valence-electron chi connectivity index (χ3n) is 5.59. The molecule has 116 valence electrons. The molecular formula is C20H21N3. The third kappa shape index (κ3) is 2.64. The molecule has 1 saturated carbocycles. The van der Waals surface area contributed by atoms with E-state index in [0.717, 1.165) is 38.0 Å².